The van der Waals surface area contributed by atoms with Crippen molar-refractivity contribution >= 4 is 41.4 Å². The summed E-state index contributed by atoms with van der Waals surface area (Å²) in [4.78, 5) is 27.2. The lowest BCUT2D eigenvalue weighted by atomic mass is 9.97. The van der Waals surface area contributed by atoms with Gasteiger partial charge in [0.25, 0.3) is 0 Å². The summed E-state index contributed by atoms with van der Waals surface area (Å²) in [5.41, 5.74) is -1.99. The number of hydrogen-bond donors (Lipinski definition) is 2. The van der Waals surface area contributed by atoms with Gasteiger partial charge in [-0.1, -0.05) is 24.1 Å². The monoisotopic (exact) mass is 606 g/mol. The highest BCUT2D eigenvalue weighted by Crippen LogP contribution is 2.48. The molecule has 1 saturated heterocycles. The Kier molecular flexibility index (Phi) is 9.28. The fraction of sp³-hybridized carbons (Fsp3) is 0.462. The van der Waals surface area contributed by atoms with Crippen molar-refractivity contribution in [2.75, 3.05) is 32.2 Å². The first kappa shape index (κ1) is 30.8. The van der Waals surface area contributed by atoms with E-state index in [1.165, 1.54) is 10.9 Å². The van der Waals surface area contributed by atoms with E-state index in [2.05, 4.69) is 20.0 Å². The maximum absolute atomic E-state index is 16.3. The lowest BCUT2D eigenvalue weighted by Crippen LogP contribution is -2.42. The standard InChI is InChI=1S/C26H32FN6O6PS/c1-7-26(27)21(34)19(38-25(26)33-15-28-20-22(32(5)6)29-17(4)30-23(20)33)14-37-40(41,31-16(3)24(35)36-8-2)39-18-12-10-9-11-13-18/h1,9-13,15-16,19,21,25,34H,8,14H2,2-6H3,(H,31,41)/t16-,19+,21+,25+,26+,40+/m0/s1. The van der Waals surface area contributed by atoms with E-state index in [9.17, 15) is 9.90 Å². The summed E-state index contributed by atoms with van der Waals surface area (Å²) in [7, 11) is 3.59. The van der Waals surface area contributed by atoms with Crippen LogP contribution in [0.2, 0.25) is 0 Å². The van der Waals surface area contributed by atoms with E-state index in [1.807, 2.05) is 5.92 Å². The fourth-order valence-electron chi connectivity index (χ4n) is 4.24. The van der Waals surface area contributed by atoms with Crippen LogP contribution in [-0.4, -0.2) is 81.8 Å². The van der Waals surface area contributed by atoms with E-state index in [0.717, 1.165) is 0 Å². The number of hydrogen-bond acceptors (Lipinski definition) is 11. The van der Waals surface area contributed by atoms with Gasteiger partial charge in [-0.25, -0.2) is 24.4 Å². The smallest absolute Gasteiger partial charge is 0.323 e. The predicted octanol–water partition coefficient (Wildman–Crippen LogP) is 2.66. The molecule has 0 radical (unpaired) electrons. The number of aryl methyl sites for hydroxylation is 1. The lowest BCUT2D eigenvalue weighted by Gasteiger charge is -2.27. The average molecular weight is 607 g/mol. The molecule has 3 aromatic rings. The van der Waals surface area contributed by atoms with Crippen molar-refractivity contribution in [3.8, 4) is 18.1 Å². The zero-order valence-corrected chi connectivity index (χ0v) is 24.9. The number of fused-ring (bicyclic) bond motifs is 1. The molecule has 2 aromatic heterocycles. The normalized spacial score (nSPS) is 24.4. The number of alkyl halides is 1. The molecule has 0 saturated carbocycles. The van der Waals surface area contributed by atoms with Crippen LogP contribution in [0.25, 0.3) is 11.2 Å². The van der Waals surface area contributed by atoms with Gasteiger partial charge in [0.1, 0.15) is 29.8 Å². The Morgan fingerprint density at radius 1 is 1.39 bits per heavy atom. The second kappa shape index (κ2) is 12.4. The van der Waals surface area contributed by atoms with Crippen LogP contribution in [0.4, 0.5) is 10.2 Å². The van der Waals surface area contributed by atoms with Crippen molar-refractivity contribution in [1.29, 1.82) is 0 Å². The molecule has 3 heterocycles. The largest absolute Gasteiger partial charge is 0.465 e. The van der Waals surface area contributed by atoms with E-state index in [-0.39, 0.29) is 12.3 Å². The predicted molar refractivity (Wildman–Crippen MR) is 154 cm³/mol. The number of esters is 1. The number of aromatic nitrogens is 4. The van der Waals surface area contributed by atoms with Crippen LogP contribution in [0, 0.1) is 19.3 Å². The van der Waals surface area contributed by atoms with Crippen LogP contribution in [0.15, 0.2) is 36.7 Å². The Balaban J connectivity index is 1.61. The summed E-state index contributed by atoms with van der Waals surface area (Å²) < 4.78 is 40.5. The molecule has 0 spiro atoms. The van der Waals surface area contributed by atoms with Crippen LogP contribution in [0.1, 0.15) is 25.9 Å². The van der Waals surface area contributed by atoms with Crippen molar-refractivity contribution < 1.29 is 32.8 Å². The lowest BCUT2D eigenvalue weighted by molar-refractivity contribution is -0.144. The summed E-state index contributed by atoms with van der Waals surface area (Å²) in [5, 5.41) is 13.9. The Bertz CT molecular complexity index is 1490. The maximum Gasteiger partial charge on any atom is 0.323 e. The molecule has 1 aliphatic rings. The summed E-state index contributed by atoms with van der Waals surface area (Å²) >= 11 is 5.69. The Labute approximate surface area is 242 Å². The number of carbonyl (C=O) groups is 1. The summed E-state index contributed by atoms with van der Waals surface area (Å²) in [6.45, 7) is 1.21. The Hall–Kier alpha value is -3.18. The highest BCUT2D eigenvalue weighted by atomic mass is 32.5. The molecule has 220 valence electrons. The molecular weight excluding hydrogens is 574 g/mol. The third-order valence-electron chi connectivity index (χ3n) is 6.23. The topological polar surface area (TPSA) is 133 Å². The number of anilines is 1. The zero-order chi connectivity index (χ0) is 29.9. The SMILES string of the molecule is C#C[C@@]1(F)[C@H](O)[C@@H](CO[P@](=S)(N[C@@H](C)C(=O)OCC)Oc2ccccc2)O[C@H]1n1cnc2c(N(C)C)nc(C)nc21. The molecule has 6 atom stereocenters. The van der Waals surface area contributed by atoms with E-state index in [4.69, 9.17) is 36.8 Å². The second-order valence-corrected chi connectivity index (χ2v) is 12.6. The van der Waals surface area contributed by atoms with Gasteiger partial charge < -0.3 is 28.5 Å². The molecule has 12 nitrogen and oxygen atoms in total. The van der Waals surface area contributed by atoms with Crippen LogP contribution in [-0.2, 0) is 30.6 Å². The van der Waals surface area contributed by atoms with E-state index in [0.29, 0.717) is 22.9 Å². The molecule has 4 rings (SSSR count). The quantitative estimate of drug-likeness (QED) is 0.189. The zero-order valence-electron chi connectivity index (χ0n) is 23.2. The molecule has 0 bridgehead atoms. The van der Waals surface area contributed by atoms with Crippen molar-refractivity contribution in [2.24, 2.45) is 0 Å². The van der Waals surface area contributed by atoms with E-state index < -0.39 is 49.4 Å². The Morgan fingerprint density at radius 2 is 2.10 bits per heavy atom. The fourth-order valence-corrected chi connectivity index (χ4v) is 6.66. The van der Waals surface area contributed by atoms with Crippen LogP contribution >= 0.6 is 6.64 Å². The molecule has 2 N–H and O–H groups in total. The third-order valence-corrected chi connectivity index (χ3v) is 8.73. The molecule has 0 aliphatic carbocycles. The van der Waals surface area contributed by atoms with Crippen molar-refractivity contribution in [2.45, 2.75) is 50.9 Å². The molecule has 1 aliphatic heterocycles. The number of nitrogens with zero attached hydrogens (tertiary/aromatic N) is 5. The summed E-state index contributed by atoms with van der Waals surface area (Å²) in [6, 6.07) is 7.72. The van der Waals surface area contributed by atoms with Gasteiger partial charge >= 0.3 is 12.6 Å². The first-order valence-corrected chi connectivity index (χ1v) is 15.4. The highest BCUT2D eigenvalue weighted by molar-refractivity contribution is 8.09. The highest BCUT2D eigenvalue weighted by Gasteiger charge is 2.58. The number of para-hydroxylation sites is 1. The number of benzene rings is 1. The minimum absolute atomic E-state index is 0.172. The van der Waals surface area contributed by atoms with E-state index in [1.54, 1.807) is 70.1 Å². The Morgan fingerprint density at radius 3 is 2.73 bits per heavy atom. The number of terminal acetylenes is 1. The number of halogens is 1. The van der Waals surface area contributed by atoms with Gasteiger partial charge in [-0.2, -0.15) is 0 Å². The van der Waals surface area contributed by atoms with Crippen molar-refractivity contribution in [1.82, 2.24) is 24.6 Å². The maximum atomic E-state index is 16.3. The summed E-state index contributed by atoms with van der Waals surface area (Å²) in [5.74, 6) is 2.82. The van der Waals surface area contributed by atoms with Gasteiger partial charge in [0.05, 0.1) is 19.5 Å². The van der Waals surface area contributed by atoms with Crippen LogP contribution in [0.3, 0.4) is 0 Å². The molecule has 15 heteroatoms. The third kappa shape index (κ3) is 6.35. The van der Waals surface area contributed by atoms with Crippen LogP contribution < -0.4 is 14.5 Å². The average Bonchev–Trinajstić information content (AvgIpc) is 3.45. The van der Waals surface area contributed by atoms with Gasteiger partial charge in [-0.15, -0.1) is 6.42 Å². The first-order valence-electron chi connectivity index (χ1n) is 12.7. The number of imidazole rings is 1. The number of ether oxygens (including phenoxy) is 2. The first-order chi connectivity index (χ1) is 19.4. The molecule has 41 heavy (non-hydrogen) atoms. The number of aliphatic hydroxyl groups is 1. The van der Waals surface area contributed by atoms with E-state index >= 15 is 4.39 Å². The number of nitrogens with one attached hydrogen (secondary N) is 1. The molecule has 0 amide bonds. The van der Waals surface area contributed by atoms with Gasteiger partial charge in [-0.05, 0) is 44.7 Å². The molecule has 1 aromatic carbocycles. The van der Waals surface area contributed by atoms with Crippen LogP contribution in [0.5, 0.6) is 5.75 Å². The van der Waals surface area contributed by atoms with Crippen molar-refractivity contribution in [3.05, 3.63) is 42.5 Å². The minimum atomic E-state index is -3.48. The van der Waals surface area contributed by atoms with Gasteiger partial charge in [0.15, 0.2) is 23.2 Å². The number of rotatable bonds is 11. The van der Waals surface area contributed by atoms with Gasteiger partial charge in [0, 0.05) is 14.1 Å². The summed E-state index contributed by atoms with van der Waals surface area (Å²) in [6.07, 6.45) is 2.36. The second-order valence-electron chi connectivity index (χ2n) is 9.50. The molecule has 1 fully saturated rings. The minimum Gasteiger partial charge on any atom is -0.465 e. The molecular formula is C26H32FN6O6PS. The van der Waals surface area contributed by atoms with Gasteiger partial charge in [0.2, 0.25) is 5.67 Å². The number of carbonyl (C=O) groups excluding carboxylic acids is 1. The molecule has 0 unspecified atom stereocenters. The number of aliphatic hydroxyl groups excluding tert-OH is 1. The van der Waals surface area contributed by atoms with Gasteiger partial charge in [-0.3, -0.25) is 9.36 Å². The van der Waals surface area contributed by atoms with Crippen molar-refractivity contribution in [3.63, 3.8) is 0 Å².